The van der Waals surface area contributed by atoms with Gasteiger partial charge in [0.2, 0.25) is 5.91 Å². The monoisotopic (exact) mass is 394 g/mol. The molecule has 0 saturated carbocycles. The highest BCUT2D eigenvalue weighted by molar-refractivity contribution is 5.96. The molecule has 29 heavy (non-hydrogen) atoms. The van der Waals surface area contributed by atoms with Crippen molar-refractivity contribution in [2.45, 2.75) is 26.7 Å². The second kappa shape index (κ2) is 9.12. The number of benzene rings is 2. The molecule has 0 radical (unpaired) electrons. The molecule has 2 aromatic carbocycles. The van der Waals surface area contributed by atoms with Gasteiger partial charge in [-0.1, -0.05) is 50.2 Å². The second-order valence-corrected chi connectivity index (χ2v) is 8.12. The maximum Gasteiger partial charge on any atom is 0.254 e. The van der Waals surface area contributed by atoms with Crippen molar-refractivity contribution in [3.63, 3.8) is 0 Å². The van der Waals surface area contributed by atoms with E-state index >= 15 is 0 Å². The number of methoxy groups -OCH3 is 1. The molecule has 2 aromatic rings. The first kappa shape index (κ1) is 20.9. The van der Waals surface area contributed by atoms with Crippen molar-refractivity contribution in [2.24, 2.45) is 11.8 Å². The SMILES string of the molecule is COc1ccccc1[C@@H]1CN(C(=O)c2ccccc2C)C[C@H]1C(=O)NCC(C)C. The molecule has 1 aliphatic rings. The summed E-state index contributed by atoms with van der Waals surface area (Å²) in [6, 6.07) is 15.4. The third kappa shape index (κ3) is 4.61. The van der Waals surface area contributed by atoms with Gasteiger partial charge in [0.05, 0.1) is 13.0 Å². The summed E-state index contributed by atoms with van der Waals surface area (Å²) in [6.07, 6.45) is 0. The predicted octanol–water partition coefficient (Wildman–Crippen LogP) is 3.63. The number of carbonyl (C=O) groups is 2. The van der Waals surface area contributed by atoms with Crippen LogP contribution in [0.1, 0.15) is 41.3 Å². The zero-order valence-corrected chi connectivity index (χ0v) is 17.6. The van der Waals surface area contributed by atoms with Gasteiger partial charge >= 0.3 is 0 Å². The van der Waals surface area contributed by atoms with Gasteiger partial charge in [-0.15, -0.1) is 0 Å². The standard InChI is InChI=1S/C24H30N2O3/c1-16(2)13-25-23(27)21-15-26(24(28)18-10-6-5-9-17(18)3)14-20(21)19-11-7-8-12-22(19)29-4/h5-12,16,20-21H,13-15H2,1-4H3,(H,25,27)/t20-,21+/m0/s1. The van der Waals surface area contributed by atoms with Gasteiger partial charge in [-0.05, 0) is 36.1 Å². The summed E-state index contributed by atoms with van der Waals surface area (Å²) in [4.78, 5) is 28.0. The van der Waals surface area contributed by atoms with E-state index in [4.69, 9.17) is 4.74 Å². The fourth-order valence-corrected chi connectivity index (χ4v) is 3.94. The van der Waals surface area contributed by atoms with E-state index in [0.29, 0.717) is 31.1 Å². The van der Waals surface area contributed by atoms with Crippen LogP contribution in [0.3, 0.4) is 0 Å². The Balaban J connectivity index is 1.90. The predicted molar refractivity (Wildman–Crippen MR) is 114 cm³/mol. The smallest absolute Gasteiger partial charge is 0.254 e. The minimum Gasteiger partial charge on any atom is -0.496 e. The Morgan fingerprint density at radius 2 is 1.79 bits per heavy atom. The maximum atomic E-state index is 13.2. The average molecular weight is 395 g/mol. The molecule has 1 saturated heterocycles. The Morgan fingerprint density at radius 3 is 2.48 bits per heavy atom. The van der Waals surface area contributed by atoms with Crippen LogP contribution in [-0.4, -0.2) is 43.5 Å². The van der Waals surface area contributed by atoms with Crippen LogP contribution in [0, 0.1) is 18.8 Å². The number of likely N-dealkylation sites (tertiary alicyclic amines) is 1. The van der Waals surface area contributed by atoms with Crippen molar-refractivity contribution in [2.75, 3.05) is 26.7 Å². The zero-order valence-electron chi connectivity index (χ0n) is 17.6. The lowest BCUT2D eigenvalue weighted by Gasteiger charge is -2.20. The van der Waals surface area contributed by atoms with Gasteiger partial charge in [-0.3, -0.25) is 9.59 Å². The number of nitrogens with one attached hydrogen (secondary N) is 1. The van der Waals surface area contributed by atoms with Crippen molar-refractivity contribution in [1.82, 2.24) is 10.2 Å². The molecular formula is C24H30N2O3. The van der Waals surface area contributed by atoms with E-state index in [2.05, 4.69) is 19.2 Å². The molecule has 1 aliphatic heterocycles. The van der Waals surface area contributed by atoms with Gasteiger partial charge in [0.25, 0.3) is 5.91 Å². The Kier molecular flexibility index (Phi) is 6.57. The van der Waals surface area contributed by atoms with Crippen molar-refractivity contribution in [1.29, 1.82) is 0 Å². The summed E-state index contributed by atoms with van der Waals surface area (Å²) in [5.41, 5.74) is 2.60. The van der Waals surface area contributed by atoms with Crippen LogP contribution in [0.4, 0.5) is 0 Å². The quantitative estimate of drug-likeness (QED) is 0.814. The maximum absolute atomic E-state index is 13.2. The molecule has 0 aliphatic carbocycles. The van der Waals surface area contributed by atoms with Gasteiger partial charge in [-0.25, -0.2) is 0 Å². The molecule has 5 heteroatoms. The number of amides is 2. The van der Waals surface area contributed by atoms with Crippen LogP contribution in [0.2, 0.25) is 0 Å². The number of aryl methyl sites for hydroxylation is 1. The van der Waals surface area contributed by atoms with E-state index in [-0.39, 0.29) is 23.7 Å². The van der Waals surface area contributed by atoms with Gasteiger partial charge in [0.1, 0.15) is 5.75 Å². The number of ether oxygens (including phenoxy) is 1. The Hall–Kier alpha value is -2.82. The van der Waals surface area contributed by atoms with Crippen LogP contribution in [0.5, 0.6) is 5.75 Å². The first-order valence-electron chi connectivity index (χ1n) is 10.2. The third-order valence-electron chi connectivity index (χ3n) is 5.54. The summed E-state index contributed by atoms with van der Waals surface area (Å²) in [5.74, 6) is 0.681. The van der Waals surface area contributed by atoms with E-state index in [0.717, 1.165) is 16.9 Å². The van der Waals surface area contributed by atoms with Gasteiger partial charge < -0.3 is 15.0 Å². The topological polar surface area (TPSA) is 58.6 Å². The highest BCUT2D eigenvalue weighted by Crippen LogP contribution is 2.38. The minimum absolute atomic E-state index is 0.00492. The number of rotatable bonds is 6. The van der Waals surface area contributed by atoms with Crippen molar-refractivity contribution < 1.29 is 14.3 Å². The van der Waals surface area contributed by atoms with E-state index in [1.807, 2.05) is 55.5 Å². The number of para-hydroxylation sites is 1. The zero-order chi connectivity index (χ0) is 21.0. The second-order valence-electron chi connectivity index (χ2n) is 8.12. The fraction of sp³-hybridized carbons (Fsp3) is 0.417. The van der Waals surface area contributed by atoms with Crippen LogP contribution < -0.4 is 10.1 Å². The first-order chi connectivity index (χ1) is 13.9. The van der Waals surface area contributed by atoms with E-state index in [1.54, 1.807) is 12.0 Å². The van der Waals surface area contributed by atoms with Crippen molar-refractivity contribution in [3.05, 3.63) is 65.2 Å². The number of nitrogens with zero attached hydrogens (tertiary/aromatic N) is 1. The van der Waals surface area contributed by atoms with Crippen molar-refractivity contribution >= 4 is 11.8 Å². The number of hydrogen-bond donors (Lipinski definition) is 1. The summed E-state index contributed by atoms with van der Waals surface area (Å²) in [6.45, 7) is 7.60. The highest BCUT2D eigenvalue weighted by atomic mass is 16.5. The molecule has 2 amide bonds. The molecule has 0 spiro atoms. The van der Waals surface area contributed by atoms with Gasteiger partial charge in [0, 0.05) is 31.1 Å². The molecule has 154 valence electrons. The lowest BCUT2D eigenvalue weighted by atomic mass is 9.87. The summed E-state index contributed by atoms with van der Waals surface area (Å²) >= 11 is 0. The fourth-order valence-electron chi connectivity index (χ4n) is 3.94. The highest BCUT2D eigenvalue weighted by Gasteiger charge is 2.41. The molecule has 1 heterocycles. The summed E-state index contributed by atoms with van der Waals surface area (Å²) in [5, 5.41) is 3.05. The van der Waals surface area contributed by atoms with Crippen LogP contribution in [-0.2, 0) is 4.79 Å². The van der Waals surface area contributed by atoms with E-state index in [9.17, 15) is 9.59 Å². The largest absolute Gasteiger partial charge is 0.496 e. The molecule has 1 fully saturated rings. The number of hydrogen-bond acceptors (Lipinski definition) is 3. The lowest BCUT2D eigenvalue weighted by molar-refractivity contribution is -0.125. The Morgan fingerprint density at radius 1 is 1.10 bits per heavy atom. The van der Waals surface area contributed by atoms with Crippen LogP contribution in [0.25, 0.3) is 0 Å². The molecule has 3 rings (SSSR count). The molecule has 0 bridgehead atoms. The first-order valence-corrected chi connectivity index (χ1v) is 10.2. The third-order valence-corrected chi connectivity index (χ3v) is 5.54. The van der Waals surface area contributed by atoms with E-state index < -0.39 is 0 Å². The van der Waals surface area contributed by atoms with Gasteiger partial charge in [0.15, 0.2) is 0 Å². The van der Waals surface area contributed by atoms with Gasteiger partial charge in [-0.2, -0.15) is 0 Å². The summed E-state index contributed by atoms with van der Waals surface area (Å²) < 4.78 is 5.55. The molecule has 5 nitrogen and oxygen atoms in total. The van der Waals surface area contributed by atoms with Crippen LogP contribution in [0.15, 0.2) is 48.5 Å². The molecular weight excluding hydrogens is 364 g/mol. The molecule has 1 N–H and O–H groups in total. The minimum atomic E-state index is -0.307. The Bertz CT molecular complexity index is 878. The lowest BCUT2D eigenvalue weighted by Crippen LogP contribution is -2.37. The summed E-state index contributed by atoms with van der Waals surface area (Å²) in [7, 11) is 1.64. The number of carbonyl (C=O) groups excluding carboxylic acids is 2. The molecule has 0 unspecified atom stereocenters. The van der Waals surface area contributed by atoms with Crippen molar-refractivity contribution in [3.8, 4) is 5.75 Å². The van der Waals surface area contributed by atoms with Crippen LogP contribution >= 0.6 is 0 Å². The normalized spacial score (nSPS) is 18.7. The Labute approximate surface area is 173 Å². The van der Waals surface area contributed by atoms with E-state index in [1.165, 1.54) is 0 Å². The molecule has 2 atom stereocenters. The molecule has 0 aromatic heterocycles. The average Bonchev–Trinajstić information content (AvgIpc) is 3.17.